The Morgan fingerprint density at radius 2 is 2.07 bits per heavy atom. The average Bonchev–Trinajstić information content (AvgIpc) is 2.61. The molecule has 1 N–H and O–H groups in total. The van der Waals surface area contributed by atoms with Crippen molar-refractivity contribution in [3.05, 3.63) is 38.9 Å². The zero-order valence-electron chi connectivity index (χ0n) is 15.9. The molecular formula is C19H22BrN3O5. The summed E-state index contributed by atoms with van der Waals surface area (Å²) in [5, 5.41) is 9.73. The molecule has 0 bridgehead atoms. The van der Waals surface area contributed by atoms with Gasteiger partial charge in [-0.2, -0.15) is 0 Å². The number of fused-ring (bicyclic) bond motifs is 1. The van der Waals surface area contributed by atoms with Crippen LogP contribution in [0.3, 0.4) is 0 Å². The number of hydrogen-bond acceptors (Lipinski definition) is 5. The number of hydrogen-bond donors (Lipinski definition) is 1. The Labute approximate surface area is 170 Å². The van der Waals surface area contributed by atoms with Gasteiger partial charge in [0, 0.05) is 19.3 Å². The number of carboxylic acid groups (broad SMARTS) is 1. The Morgan fingerprint density at radius 3 is 2.71 bits per heavy atom. The third kappa shape index (κ3) is 4.19. The Morgan fingerprint density at radius 1 is 1.36 bits per heavy atom. The molecule has 28 heavy (non-hydrogen) atoms. The van der Waals surface area contributed by atoms with Gasteiger partial charge in [0.25, 0.3) is 0 Å². The van der Waals surface area contributed by atoms with E-state index >= 15 is 0 Å². The van der Waals surface area contributed by atoms with Crippen molar-refractivity contribution in [2.75, 3.05) is 13.1 Å². The largest absolute Gasteiger partial charge is 0.477 e. The van der Waals surface area contributed by atoms with E-state index in [9.17, 15) is 19.5 Å². The van der Waals surface area contributed by atoms with Gasteiger partial charge in [-0.3, -0.25) is 4.79 Å². The van der Waals surface area contributed by atoms with Crippen LogP contribution in [-0.4, -0.2) is 50.3 Å². The Balaban J connectivity index is 2.03. The van der Waals surface area contributed by atoms with Gasteiger partial charge in [0.2, 0.25) is 5.43 Å². The van der Waals surface area contributed by atoms with Crippen molar-refractivity contribution in [2.45, 2.75) is 45.3 Å². The Hall–Kier alpha value is -2.42. The molecule has 1 unspecified atom stereocenters. The zero-order valence-corrected chi connectivity index (χ0v) is 17.5. The molecule has 2 aromatic heterocycles. The third-order valence-corrected chi connectivity index (χ3v) is 4.99. The minimum absolute atomic E-state index is 0.189. The van der Waals surface area contributed by atoms with Gasteiger partial charge >= 0.3 is 12.1 Å². The number of carboxylic acids is 1. The second kappa shape index (κ2) is 7.54. The van der Waals surface area contributed by atoms with Crippen LogP contribution in [0, 0.1) is 0 Å². The highest BCUT2D eigenvalue weighted by Crippen LogP contribution is 2.27. The molecule has 1 atom stereocenters. The molecule has 1 aliphatic rings. The number of nitrogens with zero attached hydrogens (tertiary/aromatic N) is 3. The fourth-order valence-corrected chi connectivity index (χ4v) is 3.68. The predicted molar refractivity (Wildman–Crippen MR) is 107 cm³/mol. The minimum Gasteiger partial charge on any atom is -0.477 e. The molecule has 1 fully saturated rings. The summed E-state index contributed by atoms with van der Waals surface area (Å²) in [6.07, 6.45) is 3.97. The summed E-state index contributed by atoms with van der Waals surface area (Å²) in [4.78, 5) is 42.4. The monoisotopic (exact) mass is 451 g/mol. The molecule has 0 saturated carbocycles. The van der Waals surface area contributed by atoms with E-state index in [0.717, 1.165) is 12.8 Å². The van der Waals surface area contributed by atoms with Gasteiger partial charge in [-0.25, -0.2) is 14.6 Å². The topological polar surface area (TPSA) is 102 Å². The van der Waals surface area contributed by atoms with Gasteiger partial charge in [0.1, 0.15) is 15.8 Å². The molecule has 1 saturated heterocycles. The van der Waals surface area contributed by atoms with Gasteiger partial charge in [-0.15, -0.1) is 0 Å². The lowest BCUT2D eigenvalue weighted by molar-refractivity contribution is 0.0173. The lowest BCUT2D eigenvalue weighted by Gasteiger charge is -2.35. The van der Waals surface area contributed by atoms with Crippen molar-refractivity contribution >= 4 is 38.9 Å². The first-order valence-electron chi connectivity index (χ1n) is 8.98. The summed E-state index contributed by atoms with van der Waals surface area (Å²) in [7, 11) is 0. The summed E-state index contributed by atoms with van der Waals surface area (Å²) in [6.45, 7) is 6.36. The minimum atomic E-state index is -1.28. The maximum absolute atomic E-state index is 12.6. The summed E-state index contributed by atoms with van der Waals surface area (Å²) in [5.74, 6) is -1.28. The van der Waals surface area contributed by atoms with Crippen molar-refractivity contribution < 1.29 is 19.4 Å². The standard InChI is InChI=1S/C19H22BrN3O5/c1-19(2,3)28-18(27)22-6-4-5-11(9-22)23-10-13(17(25)26)16(24)12-7-15(20)21-8-14(12)23/h7-8,10-11H,4-6,9H2,1-3H3,(H,25,26). The molecular weight excluding hydrogens is 430 g/mol. The van der Waals surface area contributed by atoms with Crippen molar-refractivity contribution in [1.82, 2.24) is 14.5 Å². The van der Waals surface area contributed by atoms with Crippen LogP contribution in [0.15, 0.2) is 27.9 Å². The Bertz CT molecular complexity index is 995. The van der Waals surface area contributed by atoms with Crippen molar-refractivity contribution in [1.29, 1.82) is 0 Å². The van der Waals surface area contributed by atoms with E-state index in [1.54, 1.807) is 15.7 Å². The number of piperidine rings is 1. The van der Waals surface area contributed by atoms with Crippen LogP contribution in [-0.2, 0) is 4.74 Å². The van der Waals surface area contributed by atoms with Gasteiger partial charge in [0.05, 0.1) is 23.1 Å². The highest BCUT2D eigenvalue weighted by atomic mass is 79.9. The van der Waals surface area contributed by atoms with Gasteiger partial charge < -0.3 is 19.3 Å². The summed E-state index contributed by atoms with van der Waals surface area (Å²) in [6, 6.07) is 1.33. The maximum Gasteiger partial charge on any atom is 0.410 e. The summed E-state index contributed by atoms with van der Waals surface area (Å²) < 4.78 is 7.66. The quantitative estimate of drug-likeness (QED) is 0.701. The number of halogens is 1. The Kier molecular flexibility index (Phi) is 5.47. The zero-order chi connectivity index (χ0) is 20.6. The highest BCUT2D eigenvalue weighted by molar-refractivity contribution is 9.10. The smallest absolute Gasteiger partial charge is 0.410 e. The van der Waals surface area contributed by atoms with Gasteiger partial charge in [0.15, 0.2) is 0 Å². The van der Waals surface area contributed by atoms with E-state index in [2.05, 4.69) is 20.9 Å². The van der Waals surface area contributed by atoms with Gasteiger partial charge in [-0.1, -0.05) is 0 Å². The number of aromatic nitrogens is 2. The number of likely N-dealkylation sites (tertiary alicyclic amines) is 1. The van der Waals surface area contributed by atoms with E-state index in [-0.39, 0.29) is 17.0 Å². The van der Waals surface area contributed by atoms with Crippen molar-refractivity contribution in [3.63, 3.8) is 0 Å². The molecule has 3 heterocycles. The molecule has 8 nitrogen and oxygen atoms in total. The van der Waals surface area contributed by atoms with Crippen LogP contribution in [0.2, 0.25) is 0 Å². The fourth-order valence-electron chi connectivity index (χ4n) is 3.35. The lowest BCUT2D eigenvalue weighted by Crippen LogP contribution is -2.43. The number of carbonyl (C=O) groups excluding carboxylic acids is 1. The maximum atomic E-state index is 12.6. The van der Waals surface area contributed by atoms with Crippen LogP contribution < -0.4 is 5.43 Å². The molecule has 0 aliphatic carbocycles. The molecule has 1 aliphatic heterocycles. The van der Waals surface area contributed by atoms with E-state index < -0.39 is 23.1 Å². The molecule has 2 aromatic rings. The first-order chi connectivity index (χ1) is 13.1. The number of rotatable bonds is 2. The summed E-state index contributed by atoms with van der Waals surface area (Å²) in [5.41, 5.74) is -0.920. The SMILES string of the molecule is CC(C)(C)OC(=O)N1CCCC(n2cc(C(=O)O)c(=O)c3cc(Br)ncc32)C1. The first kappa shape index (κ1) is 20.3. The van der Waals surface area contributed by atoms with E-state index in [0.29, 0.717) is 23.2 Å². The number of amides is 1. The average molecular weight is 452 g/mol. The molecule has 150 valence electrons. The molecule has 0 spiro atoms. The second-order valence-corrected chi connectivity index (χ2v) is 8.64. The molecule has 0 aromatic carbocycles. The van der Waals surface area contributed by atoms with Crippen LogP contribution in [0.5, 0.6) is 0 Å². The number of pyridine rings is 2. The van der Waals surface area contributed by atoms with Crippen LogP contribution >= 0.6 is 15.9 Å². The number of aromatic carboxylic acids is 1. The van der Waals surface area contributed by atoms with Crippen molar-refractivity contribution in [2.24, 2.45) is 0 Å². The molecule has 3 rings (SSSR count). The second-order valence-electron chi connectivity index (χ2n) is 7.83. The first-order valence-corrected chi connectivity index (χ1v) is 9.78. The number of carbonyl (C=O) groups is 2. The molecule has 9 heteroatoms. The normalized spacial score (nSPS) is 17.6. The van der Waals surface area contributed by atoms with Crippen LogP contribution in [0.4, 0.5) is 4.79 Å². The molecule has 0 radical (unpaired) electrons. The van der Waals surface area contributed by atoms with E-state index in [1.165, 1.54) is 12.3 Å². The van der Waals surface area contributed by atoms with E-state index in [4.69, 9.17) is 4.74 Å². The predicted octanol–water partition coefficient (Wildman–Crippen LogP) is 3.43. The highest BCUT2D eigenvalue weighted by Gasteiger charge is 2.29. The summed E-state index contributed by atoms with van der Waals surface area (Å²) >= 11 is 3.23. The molecule has 1 amide bonds. The van der Waals surface area contributed by atoms with E-state index in [1.807, 2.05) is 20.8 Å². The van der Waals surface area contributed by atoms with Crippen molar-refractivity contribution in [3.8, 4) is 0 Å². The van der Waals surface area contributed by atoms with Gasteiger partial charge in [-0.05, 0) is 55.6 Å². The van der Waals surface area contributed by atoms with Crippen LogP contribution in [0.1, 0.15) is 50.0 Å². The van der Waals surface area contributed by atoms with Crippen LogP contribution in [0.25, 0.3) is 10.9 Å². The lowest BCUT2D eigenvalue weighted by atomic mass is 10.0. The number of ether oxygens (including phenoxy) is 1. The third-order valence-electron chi connectivity index (χ3n) is 4.56. The fraction of sp³-hybridized carbons (Fsp3) is 0.474.